The van der Waals surface area contributed by atoms with E-state index in [2.05, 4.69) is 25.2 Å². The molecule has 0 spiro atoms. The van der Waals surface area contributed by atoms with Crippen LogP contribution in [0.1, 0.15) is 90.4 Å². The van der Waals surface area contributed by atoms with Gasteiger partial charge in [0.05, 0.1) is 7.11 Å². The Morgan fingerprint density at radius 2 is 1.76 bits per heavy atom. The van der Waals surface area contributed by atoms with Crippen molar-refractivity contribution in [3.8, 4) is 0 Å². The monoisotopic (exact) mass is 400 g/mol. The largest absolute Gasteiger partial charge is 0.469 e. The van der Waals surface area contributed by atoms with E-state index in [0.29, 0.717) is 35.9 Å². The van der Waals surface area contributed by atoms with Gasteiger partial charge < -0.3 is 4.74 Å². The van der Waals surface area contributed by atoms with Gasteiger partial charge in [0.1, 0.15) is 0 Å². The molecule has 3 nitrogen and oxygen atoms in total. The van der Waals surface area contributed by atoms with E-state index < -0.39 is 0 Å². The molecule has 2 bridgehead atoms. The average Bonchev–Trinajstić information content (AvgIpc) is 3.41. The van der Waals surface area contributed by atoms with Gasteiger partial charge in [0.25, 0.3) is 0 Å². The summed E-state index contributed by atoms with van der Waals surface area (Å²) in [5.74, 6) is 2.86. The van der Waals surface area contributed by atoms with Gasteiger partial charge in [0, 0.05) is 12.3 Å². The number of ketones is 1. The van der Waals surface area contributed by atoms with Gasteiger partial charge in [-0.05, 0) is 61.3 Å². The molecule has 3 aliphatic rings. The van der Waals surface area contributed by atoms with Crippen molar-refractivity contribution >= 4 is 11.8 Å². The number of allylic oxidation sites excluding steroid dienone is 4. The van der Waals surface area contributed by atoms with Crippen LogP contribution in [0, 0.1) is 29.6 Å². The molecule has 0 unspecified atom stereocenters. The predicted molar refractivity (Wildman–Crippen MR) is 117 cm³/mol. The van der Waals surface area contributed by atoms with E-state index in [4.69, 9.17) is 4.74 Å². The van der Waals surface area contributed by atoms with Gasteiger partial charge in [-0.15, -0.1) is 0 Å². The SMILES string of the molecule is CCCCCCCC[C@@H]1C(=CCCCCCC(=O)OC)C(=O)[C@@H]2[C@H]1[C@H]1C=C[C@@H]2C1. The van der Waals surface area contributed by atoms with Crippen molar-refractivity contribution < 1.29 is 14.3 Å². The maximum atomic E-state index is 13.2. The summed E-state index contributed by atoms with van der Waals surface area (Å²) >= 11 is 0. The van der Waals surface area contributed by atoms with Crippen molar-refractivity contribution in [3.05, 3.63) is 23.8 Å². The maximum Gasteiger partial charge on any atom is 0.305 e. The minimum Gasteiger partial charge on any atom is -0.469 e. The molecule has 0 aromatic carbocycles. The lowest BCUT2D eigenvalue weighted by Gasteiger charge is -2.25. The molecule has 3 heteroatoms. The smallest absolute Gasteiger partial charge is 0.305 e. The van der Waals surface area contributed by atoms with Crippen LogP contribution < -0.4 is 0 Å². The van der Waals surface area contributed by atoms with Crippen LogP contribution in [-0.4, -0.2) is 18.9 Å². The Morgan fingerprint density at radius 1 is 1.03 bits per heavy atom. The first-order valence-corrected chi connectivity index (χ1v) is 12.2. The zero-order valence-electron chi connectivity index (χ0n) is 18.5. The lowest BCUT2D eigenvalue weighted by molar-refractivity contribution is -0.140. The number of hydrogen-bond acceptors (Lipinski definition) is 3. The highest BCUT2D eigenvalue weighted by Crippen LogP contribution is 2.59. The van der Waals surface area contributed by atoms with E-state index in [-0.39, 0.29) is 11.9 Å². The van der Waals surface area contributed by atoms with Crippen LogP contribution in [0.15, 0.2) is 23.8 Å². The molecule has 0 N–H and O–H groups in total. The van der Waals surface area contributed by atoms with Crippen molar-refractivity contribution in [2.24, 2.45) is 29.6 Å². The van der Waals surface area contributed by atoms with E-state index in [9.17, 15) is 9.59 Å². The molecule has 29 heavy (non-hydrogen) atoms. The highest BCUT2D eigenvalue weighted by molar-refractivity contribution is 6.01. The van der Waals surface area contributed by atoms with Crippen LogP contribution >= 0.6 is 0 Å². The second kappa shape index (κ2) is 11.1. The molecule has 0 heterocycles. The fourth-order valence-electron chi connectivity index (χ4n) is 6.06. The first kappa shape index (κ1) is 22.3. The van der Waals surface area contributed by atoms with E-state index in [0.717, 1.165) is 25.7 Å². The Hall–Kier alpha value is -1.38. The maximum absolute atomic E-state index is 13.2. The second-order valence-corrected chi connectivity index (χ2v) is 9.41. The third-order valence-corrected chi connectivity index (χ3v) is 7.52. The zero-order valence-corrected chi connectivity index (χ0v) is 18.5. The quantitative estimate of drug-likeness (QED) is 0.155. The van der Waals surface area contributed by atoms with Gasteiger partial charge in [-0.2, -0.15) is 0 Å². The van der Waals surface area contributed by atoms with Crippen molar-refractivity contribution in [1.29, 1.82) is 0 Å². The number of carbonyl (C=O) groups is 2. The number of hydrogen-bond donors (Lipinski definition) is 0. The molecule has 0 aromatic heterocycles. The van der Waals surface area contributed by atoms with Gasteiger partial charge >= 0.3 is 5.97 Å². The number of ether oxygens (including phenoxy) is 1. The van der Waals surface area contributed by atoms with E-state index >= 15 is 0 Å². The van der Waals surface area contributed by atoms with Crippen LogP contribution in [0.2, 0.25) is 0 Å². The fraction of sp³-hybridized carbons (Fsp3) is 0.769. The van der Waals surface area contributed by atoms with E-state index in [1.165, 1.54) is 64.0 Å². The minimum atomic E-state index is -0.121. The number of fused-ring (bicyclic) bond motifs is 5. The molecular weight excluding hydrogens is 360 g/mol. The number of esters is 1. The Morgan fingerprint density at radius 3 is 2.55 bits per heavy atom. The van der Waals surface area contributed by atoms with Gasteiger partial charge in [-0.3, -0.25) is 9.59 Å². The van der Waals surface area contributed by atoms with Gasteiger partial charge in [0.15, 0.2) is 5.78 Å². The third kappa shape index (κ3) is 5.41. The molecule has 3 rings (SSSR count). The second-order valence-electron chi connectivity index (χ2n) is 9.41. The van der Waals surface area contributed by atoms with Crippen LogP contribution in [-0.2, 0) is 14.3 Å². The summed E-state index contributed by atoms with van der Waals surface area (Å²) in [6.07, 6.45) is 21.8. The summed E-state index contributed by atoms with van der Waals surface area (Å²) in [6, 6.07) is 0. The minimum absolute atomic E-state index is 0.121. The average molecular weight is 401 g/mol. The fourth-order valence-corrected chi connectivity index (χ4v) is 6.06. The molecule has 3 aliphatic carbocycles. The molecule has 0 radical (unpaired) electrons. The lowest BCUT2D eigenvalue weighted by atomic mass is 9.78. The normalized spacial score (nSPS) is 31.0. The number of Topliss-reactive ketones (excluding diaryl/α,β-unsaturated/α-hetero) is 1. The molecule has 5 atom stereocenters. The van der Waals surface area contributed by atoms with Gasteiger partial charge in [-0.1, -0.05) is 70.1 Å². The van der Waals surface area contributed by atoms with Crippen molar-refractivity contribution in [1.82, 2.24) is 0 Å². The number of unbranched alkanes of at least 4 members (excludes halogenated alkanes) is 8. The summed E-state index contributed by atoms with van der Waals surface area (Å²) < 4.78 is 4.70. The van der Waals surface area contributed by atoms with Crippen molar-refractivity contribution in [2.45, 2.75) is 90.4 Å². The van der Waals surface area contributed by atoms with Gasteiger partial charge in [0.2, 0.25) is 0 Å². The molecule has 162 valence electrons. The molecule has 0 amide bonds. The molecule has 2 saturated carbocycles. The Bertz CT molecular complexity index is 617. The molecular formula is C26H40O3. The summed E-state index contributed by atoms with van der Waals surface area (Å²) in [5.41, 5.74) is 1.17. The summed E-state index contributed by atoms with van der Waals surface area (Å²) in [6.45, 7) is 2.26. The van der Waals surface area contributed by atoms with Crippen LogP contribution in [0.25, 0.3) is 0 Å². The Labute approximate surface area is 177 Å². The van der Waals surface area contributed by atoms with Crippen molar-refractivity contribution in [3.63, 3.8) is 0 Å². The zero-order chi connectivity index (χ0) is 20.6. The molecule has 0 aliphatic heterocycles. The van der Waals surface area contributed by atoms with E-state index in [1.54, 1.807) is 0 Å². The van der Waals surface area contributed by atoms with E-state index in [1.807, 2.05) is 0 Å². The predicted octanol–water partition coefficient (Wildman–Crippen LogP) is 6.42. The van der Waals surface area contributed by atoms with Crippen LogP contribution in [0.3, 0.4) is 0 Å². The summed E-state index contributed by atoms with van der Waals surface area (Å²) in [5, 5.41) is 0. The molecule has 0 aromatic rings. The highest BCUT2D eigenvalue weighted by atomic mass is 16.5. The van der Waals surface area contributed by atoms with Crippen LogP contribution in [0.5, 0.6) is 0 Å². The lowest BCUT2D eigenvalue weighted by Crippen LogP contribution is -2.21. The Kier molecular flexibility index (Phi) is 8.56. The molecule has 2 fully saturated rings. The highest BCUT2D eigenvalue weighted by Gasteiger charge is 2.57. The Balaban J connectivity index is 1.52. The number of rotatable bonds is 13. The van der Waals surface area contributed by atoms with Gasteiger partial charge in [-0.25, -0.2) is 0 Å². The first-order chi connectivity index (χ1) is 14.2. The number of methoxy groups -OCH3 is 1. The van der Waals surface area contributed by atoms with Crippen molar-refractivity contribution in [2.75, 3.05) is 7.11 Å². The topological polar surface area (TPSA) is 43.4 Å². The molecule has 0 saturated heterocycles. The summed E-state index contributed by atoms with van der Waals surface area (Å²) in [7, 11) is 1.45. The number of carbonyl (C=O) groups excluding carboxylic acids is 2. The van der Waals surface area contributed by atoms with Crippen LogP contribution in [0.4, 0.5) is 0 Å². The summed E-state index contributed by atoms with van der Waals surface area (Å²) in [4.78, 5) is 24.5. The standard InChI is InChI=1S/C26H40O3/c1-3-4-5-6-7-10-13-21-22(14-11-8-9-12-15-23(27)29-2)26(28)25-20-17-16-19(18-20)24(21)25/h14,16-17,19-21,24-25H,3-13,15,18H2,1-2H3/t19-,20+,21+,24-,25-/m0/s1. The first-order valence-electron chi connectivity index (χ1n) is 12.2. The third-order valence-electron chi connectivity index (χ3n) is 7.52.